The Labute approximate surface area is 181 Å². The number of hydrogen-bond acceptors (Lipinski definition) is 5. The van der Waals surface area contributed by atoms with Gasteiger partial charge in [-0.1, -0.05) is 51.1 Å². The van der Waals surface area contributed by atoms with Crippen molar-refractivity contribution >= 4 is 34.3 Å². The van der Waals surface area contributed by atoms with Crippen molar-refractivity contribution in [2.45, 2.75) is 33.6 Å². The lowest BCUT2D eigenvalue weighted by molar-refractivity contribution is -0.129. The van der Waals surface area contributed by atoms with E-state index in [-0.39, 0.29) is 18.1 Å². The molecule has 1 aliphatic rings. The second-order valence-corrected chi connectivity index (χ2v) is 8.84. The number of benzene rings is 2. The number of phenolic OH excluding ortho intramolecular Hbond substituents is 1. The minimum Gasteiger partial charge on any atom is -0.508 e. The fourth-order valence-corrected chi connectivity index (χ4v) is 3.70. The topological polar surface area (TPSA) is 76.5 Å². The highest BCUT2D eigenvalue weighted by Crippen LogP contribution is 2.38. The molecule has 1 N–H and O–H groups in total. The number of phenols is 1. The summed E-state index contributed by atoms with van der Waals surface area (Å²) in [5, 5.41) is 10.3. The Hall–Kier alpha value is -3.47. The van der Waals surface area contributed by atoms with Crippen molar-refractivity contribution in [3.05, 3.63) is 70.9 Å². The molecule has 0 amide bonds. The number of fused-ring (bicyclic) bond motifs is 2. The van der Waals surface area contributed by atoms with Crippen LogP contribution in [-0.2, 0) is 16.0 Å². The van der Waals surface area contributed by atoms with Gasteiger partial charge in [0.1, 0.15) is 5.75 Å². The van der Waals surface area contributed by atoms with E-state index in [2.05, 4.69) is 0 Å². The largest absolute Gasteiger partial charge is 0.508 e. The molecule has 0 bridgehead atoms. The number of rotatable bonds is 4. The summed E-state index contributed by atoms with van der Waals surface area (Å²) < 4.78 is 5.45. The van der Waals surface area contributed by atoms with Gasteiger partial charge in [0.15, 0.2) is 12.4 Å². The Bertz CT molecular complexity index is 1200. The molecule has 0 spiro atoms. The van der Waals surface area contributed by atoms with Crippen LogP contribution < -0.4 is 0 Å². The minimum atomic E-state index is -0.567. The Morgan fingerprint density at radius 1 is 1.06 bits per heavy atom. The average molecular weight is 415 g/mol. The summed E-state index contributed by atoms with van der Waals surface area (Å²) in [6.45, 7) is 5.18. The van der Waals surface area contributed by atoms with Crippen molar-refractivity contribution in [3.63, 3.8) is 0 Å². The van der Waals surface area contributed by atoms with E-state index >= 15 is 0 Å². The first kappa shape index (κ1) is 20.8. The van der Waals surface area contributed by atoms with Gasteiger partial charge in [-0.25, -0.2) is 9.78 Å². The molecule has 0 fully saturated rings. The van der Waals surface area contributed by atoms with E-state index in [1.807, 2.05) is 63.2 Å². The number of nitrogens with zero attached hydrogens (tertiary/aromatic N) is 1. The van der Waals surface area contributed by atoms with Crippen molar-refractivity contribution in [2.75, 3.05) is 6.61 Å². The van der Waals surface area contributed by atoms with Crippen LogP contribution in [0.1, 0.15) is 54.4 Å². The minimum absolute atomic E-state index is 0.122. The van der Waals surface area contributed by atoms with Gasteiger partial charge >= 0.3 is 5.97 Å². The lowest BCUT2D eigenvalue weighted by Crippen LogP contribution is -2.26. The molecular weight excluding hydrogens is 390 g/mol. The predicted molar refractivity (Wildman–Crippen MR) is 121 cm³/mol. The van der Waals surface area contributed by atoms with E-state index in [0.29, 0.717) is 17.5 Å². The lowest BCUT2D eigenvalue weighted by atomic mass is 9.91. The first-order chi connectivity index (χ1) is 14.7. The third-order valence-corrected chi connectivity index (χ3v) is 5.55. The van der Waals surface area contributed by atoms with Crippen LogP contribution in [-0.4, -0.2) is 28.4 Å². The fraction of sp³-hybridized carbons (Fsp3) is 0.269. The van der Waals surface area contributed by atoms with Gasteiger partial charge in [-0.15, -0.1) is 0 Å². The molecule has 31 heavy (non-hydrogen) atoms. The number of ether oxygens (including phenoxy) is 1. The first-order valence-electron chi connectivity index (χ1n) is 10.4. The van der Waals surface area contributed by atoms with Gasteiger partial charge in [0.2, 0.25) is 0 Å². The molecule has 0 unspecified atom stereocenters. The maximum atomic E-state index is 13.1. The zero-order valence-electron chi connectivity index (χ0n) is 17.9. The average Bonchev–Trinajstić information content (AvgIpc) is 3.13. The van der Waals surface area contributed by atoms with Crippen LogP contribution in [0.15, 0.2) is 48.5 Å². The van der Waals surface area contributed by atoms with Gasteiger partial charge in [0, 0.05) is 10.8 Å². The van der Waals surface area contributed by atoms with Crippen molar-refractivity contribution in [3.8, 4) is 5.75 Å². The number of para-hydroxylation sites is 1. The van der Waals surface area contributed by atoms with E-state index in [9.17, 15) is 14.7 Å². The molecule has 0 aliphatic heterocycles. The van der Waals surface area contributed by atoms with E-state index in [1.165, 1.54) is 0 Å². The predicted octanol–water partition coefficient (Wildman–Crippen LogP) is 5.20. The molecule has 1 aliphatic carbocycles. The van der Waals surface area contributed by atoms with Gasteiger partial charge in [0.25, 0.3) is 0 Å². The third kappa shape index (κ3) is 4.22. The highest BCUT2D eigenvalue weighted by Gasteiger charge is 2.29. The standard InChI is InChI=1S/C26H25NO4/c1-26(2,3)22(29)15-31-25(30)23-19-6-4-5-7-21(19)27-24-17(10-13-20(23)24)14-16-8-11-18(28)12-9-16/h4-9,11-12,14,28H,10,13,15H2,1-3H3/b17-14+. The van der Waals surface area contributed by atoms with Crippen molar-refractivity contribution in [2.24, 2.45) is 5.41 Å². The number of allylic oxidation sites excluding steroid dienone is 1. The summed E-state index contributed by atoms with van der Waals surface area (Å²) >= 11 is 0. The molecule has 0 saturated carbocycles. The molecular formula is C26H25NO4. The Kier molecular flexibility index (Phi) is 5.36. The van der Waals surface area contributed by atoms with Crippen LogP contribution in [0.4, 0.5) is 0 Å². The Morgan fingerprint density at radius 2 is 1.77 bits per heavy atom. The number of Topliss-reactive ketones (excluding diaryl/α,β-unsaturated/α-hetero) is 1. The highest BCUT2D eigenvalue weighted by atomic mass is 16.5. The van der Waals surface area contributed by atoms with E-state index < -0.39 is 11.4 Å². The lowest BCUT2D eigenvalue weighted by Gasteiger charge is -2.17. The smallest absolute Gasteiger partial charge is 0.339 e. The summed E-state index contributed by atoms with van der Waals surface area (Å²) in [4.78, 5) is 30.2. The maximum absolute atomic E-state index is 13.1. The Balaban J connectivity index is 1.75. The monoisotopic (exact) mass is 415 g/mol. The summed E-state index contributed by atoms with van der Waals surface area (Å²) in [7, 11) is 0. The summed E-state index contributed by atoms with van der Waals surface area (Å²) in [5.41, 5.74) is 4.28. The summed E-state index contributed by atoms with van der Waals surface area (Å²) in [5.74, 6) is -0.393. The van der Waals surface area contributed by atoms with Crippen molar-refractivity contribution in [1.82, 2.24) is 4.98 Å². The number of aromatic hydroxyl groups is 1. The van der Waals surface area contributed by atoms with Crippen LogP contribution in [0.3, 0.4) is 0 Å². The van der Waals surface area contributed by atoms with E-state index in [0.717, 1.165) is 34.2 Å². The number of carbonyl (C=O) groups is 2. The van der Waals surface area contributed by atoms with Gasteiger partial charge in [-0.2, -0.15) is 0 Å². The number of esters is 1. The van der Waals surface area contributed by atoms with Crippen LogP contribution >= 0.6 is 0 Å². The van der Waals surface area contributed by atoms with Crippen molar-refractivity contribution < 1.29 is 19.4 Å². The molecule has 1 heterocycles. The molecule has 0 saturated heterocycles. The highest BCUT2D eigenvalue weighted by molar-refractivity contribution is 6.07. The van der Waals surface area contributed by atoms with Gasteiger partial charge in [-0.05, 0) is 53.8 Å². The van der Waals surface area contributed by atoms with Gasteiger partial charge < -0.3 is 9.84 Å². The summed E-state index contributed by atoms with van der Waals surface area (Å²) in [6, 6.07) is 14.5. The second-order valence-electron chi connectivity index (χ2n) is 8.84. The molecule has 0 atom stereocenters. The first-order valence-corrected chi connectivity index (χ1v) is 10.4. The maximum Gasteiger partial charge on any atom is 0.339 e. The Morgan fingerprint density at radius 3 is 2.48 bits per heavy atom. The SMILES string of the molecule is CC(C)(C)C(=O)COC(=O)c1c2c(nc3ccccc13)/C(=C/c1ccc(O)cc1)CC2. The number of carbonyl (C=O) groups excluding carboxylic acids is 2. The summed E-state index contributed by atoms with van der Waals surface area (Å²) in [6.07, 6.45) is 3.46. The van der Waals surface area contributed by atoms with E-state index in [1.54, 1.807) is 12.1 Å². The van der Waals surface area contributed by atoms with Crippen molar-refractivity contribution in [1.29, 1.82) is 0 Å². The third-order valence-electron chi connectivity index (χ3n) is 5.55. The molecule has 1 aromatic heterocycles. The molecule has 5 heteroatoms. The number of pyridine rings is 1. The molecule has 2 aromatic carbocycles. The molecule has 158 valence electrons. The molecule has 0 radical (unpaired) electrons. The van der Waals surface area contributed by atoms with Gasteiger partial charge in [0.05, 0.1) is 16.8 Å². The molecule has 5 nitrogen and oxygen atoms in total. The number of hydrogen-bond donors (Lipinski definition) is 1. The van der Waals surface area contributed by atoms with Gasteiger partial charge in [-0.3, -0.25) is 4.79 Å². The zero-order valence-corrected chi connectivity index (χ0v) is 17.9. The normalized spacial score (nSPS) is 14.6. The van der Waals surface area contributed by atoms with E-state index in [4.69, 9.17) is 9.72 Å². The second kappa shape index (κ2) is 7.99. The molecule has 3 aromatic rings. The fourth-order valence-electron chi connectivity index (χ4n) is 3.70. The number of aromatic nitrogens is 1. The van der Waals surface area contributed by atoms with Crippen LogP contribution in [0.2, 0.25) is 0 Å². The zero-order chi connectivity index (χ0) is 22.2. The molecule has 4 rings (SSSR count). The van der Waals surface area contributed by atoms with Crippen LogP contribution in [0.25, 0.3) is 22.6 Å². The van der Waals surface area contributed by atoms with Crippen LogP contribution in [0.5, 0.6) is 5.75 Å². The quantitative estimate of drug-likeness (QED) is 0.593. The number of ketones is 1. The van der Waals surface area contributed by atoms with Crippen LogP contribution in [0, 0.1) is 5.41 Å².